The Morgan fingerprint density at radius 1 is 1.42 bits per heavy atom. The molecule has 0 saturated carbocycles. The van der Waals surface area contributed by atoms with Crippen LogP contribution in [0.3, 0.4) is 0 Å². The lowest BCUT2D eigenvalue weighted by molar-refractivity contribution is 0.163. The molecule has 1 fully saturated rings. The molecule has 3 heteroatoms. The molecule has 1 saturated heterocycles. The number of fused-ring (bicyclic) bond motifs is 1. The summed E-state index contributed by atoms with van der Waals surface area (Å²) in [7, 11) is 0. The normalized spacial score (nSPS) is 26.4. The highest BCUT2D eigenvalue weighted by Gasteiger charge is 2.28. The van der Waals surface area contributed by atoms with Crippen LogP contribution >= 0.6 is 0 Å². The topological polar surface area (TPSA) is 32.7 Å². The Morgan fingerprint density at radius 3 is 3.16 bits per heavy atom. The van der Waals surface area contributed by atoms with Gasteiger partial charge in [-0.25, -0.2) is 0 Å². The predicted octanol–water partition coefficient (Wildman–Crippen LogP) is 2.00. The van der Waals surface area contributed by atoms with Crippen molar-refractivity contribution in [1.29, 1.82) is 0 Å². The number of hydrogen-bond acceptors (Lipinski definition) is 3. The van der Waals surface area contributed by atoms with E-state index in [0.29, 0.717) is 18.6 Å². The van der Waals surface area contributed by atoms with Gasteiger partial charge in [-0.15, -0.1) is 0 Å². The number of ether oxygens (including phenoxy) is 1. The molecule has 0 radical (unpaired) electrons. The first-order chi connectivity index (χ1) is 9.24. The smallest absolute Gasteiger partial charge is 0.123 e. The maximum Gasteiger partial charge on any atom is 0.123 e. The lowest BCUT2D eigenvalue weighted by Crippen LogP contribution is -2.33. The van der Waals surface area contributed by atoms with E-state index in [1.165, 1.54) is 17.5 Å². The number of aliphatic hydroxyl groups excluding tert-OH is 1. The standard InChI is InChI=1S/C16H23NO2/c1-12-2-3-16-14(8-12)9-15(19-16)11-17-6-4-13(10-17)5-7-18/h2-3,8,13,15,18H,4-7,9-11H2,1H3. The molecule has 19 heavy (non-hydrogen) atoms. The molecule has 2 atom stereocenters. The summed E-state index contributed by atoms with van der Waals surface area (Å²) in [4.78, 5) is 2.49. The van der Waals surface area contributed by atoms with Gasteiger partial charge in [-0.05, 0) is 43.9 Å². The molecule has 1 aromatic carbocycles. The summed E-state index contributed by atoms with van der Waals surface area (Å²) in [5, 5.41) is 9.00. The molecule has 3 nitrogen and oxygen atoms in total. The second kappa shape index (κ2) is 5.51. The summed E-state index contributed by atoms with van der Waals surface area (Å²) in [5.41, 5.74) is 2.67. The van der Waals surface area contributed by atoms with E-state index in [-0.39, 0.29) is 0 Å². The highest BCUT2D eigenvalue weighted by molar-refractivity contribution is 5.40. The number of aliphatic hydroxyl groups is 1. The van der Waals surface area contributed by atoms with Gasteiger partial charge in [0.05, 0.1) is 0 Å². The van der Waals surface area contributed by atoms with Gasteiger partial charge in [0.25, 0.3) is 0 Å². The summed E-state index contributed by atoms with van der Waals surface area (Å²) in [6.45, 7) is 5.75. The second-order valence-corrected chi connectivity index (χ2v) is 5.98. The molecule has 2 heterocycles. The van der Waals surface area contributed by atoms with E-state index in [9.17, 15) is 0 Å². The Hall–Kier alpha value is -1.06. The highest BCUT2D eigenvalue weighted by atomic mass is 16.5. The van der Waals surface area contributed by atoms with Crippen LogP contribution in [0.15, 0.2) is 18.2 Å². The maximum atomic E-state index is 9.00. The van der Waals surface area contributed by atoms with Crippen molar-refractivity contribution in [3.8, 4) is 5.75 Å². The van der Waals surface area contributed by atoms with Crippen LogP contribution in [-0.2, 0) is 6.42 Å². The minimum absolute atomic E-state index is 0.310. The highest BCUT2D eigenvalue weighted by Crippen LogP contribution is 2.30. The molecule has 2 aliphatic rings. The van der Waals surface area contributed by atoms with Gasteiger partial charge in [-0.1, -0.05) is 17.7 Å². The Morgan fingerprint density at radius 2 is 2.32 bits per heavy atom. The Balaban J connectivity index is 1.54. The fraction of sp³-hybridized carbons (Fsp3) is 0.625. The first-order valence-electron chi connectivity index (χ1n) is 7.34. The number of likely N-dealkylation sites (tertiary alicyclic amines) is 1. The zero-order valence-electron chi connectivity index (χ0n) is 11.6. The maximum absolute atomic E-state index is 9.00. The van der Waals surface area contributed by atoms with Crippen molar-refractivity contribution in [1.82, 2.24) is 4.90 Å². The third kappa shape index (κ3) is 2.93. The molecule has 0 spiro atoms. The number of benzene rings is 1. The Kier molecular flexibility index (Phi) is 3.76. The van der Waals surface area contributed by atoms with E-state index in [1.807, 2.05) is 0 Å². The van der Waals surface area contributed by atoms with Crippen molar-refractivity contribution >= 4 is 0 Å². The molecule has 104 valence electrons. The summed E-state index contributed by atoms with van der Waals surface area (Å²) in [6, 6.07) is 6.46. The molecular formula is C16H23NO2. The van der Waals surface area contributed by atoms with Crippen molar-refractivity contribution in [2.45, 2.75) is 32.3 Å². The fourth-order valence-electron chi connectivity index (χ4n) is 3.34. The predicted molar refractivity (Wildman–Crippen MR) is 75.5 cm³/mol. The van der Waals surface area contributed by atoms with Crippen LogP contribution in [-0.4, -0.2) is 42.4 Å². The van der Waals surface area contributed by atoms with Gasteiger partial charge in [-0.3, -0.25) is 4.90 Å². The molecule has 0 amide bonds. The van der Waals surface area contributed by atoms with Gasteiger partial charge in [0.1, 0.15) is 11.9 Å². The van der Waals surface area contributed by atoms with Crippen LogP contribution in [0.5, 0.6) is 5.75 Å². The van der Waals surface area contributed by atoms with Gasteiger partial charge >= 0.3 is 0 Å². The first kappa shape index (κ1) is 12.9. The number of hydrogen-bond donors (Lipinski definition) is 1. The molecular weight excluding hydrogens is 238 g/mol. The Bertz CT molecular complexity index is 446. The molecule has 1 N–H and O–H groups in total. The average Bonchev–Trinajstić information content (AvgIpc) is 2.96. The zero-order chi connectivity index (χ0) is 13.2. The largest absolute Gasteiger partial charge is 0.488 e. The molecule has 0 aromatic heterocycles. The van der Waals surface area contributed by atoms with Gasteiger partial charge in [-0.2, -0.15) is 0 Å². The molecule has 3 rings (SSSR count). The lowest BCUT2D eigenvalue weighted by Gasteiger charge is -2.20. The number of rotatable bonds is 4. The second-order valence-electron chi connectivity index (χ2n) is 5.98. The summed E-state index contributed by atoms with van der Waals surface area (Å²) in [6.07, 6.45) is 3.52. The van der Waals surface area contributed by atoms with Crippen LogP contribution in [0.1, 0.15) is 24.0 Å². The van der Waals surface area contributed by atoms with Crippen molar-refractivity contribution < 1.29 is 9.84 Å². The van der Waals surface area contributed by atoms with Gasteiger partial charge in [0.15, 0.2) is 0 Å². The van der Waals surface area contributed by atoms with Gasteiger partial charge in [0, 0.05) is 26.1 Å². The molecule has 0 aliphatic carbocycles. The molecule has 2 aliphatic heterocycles. The SMILES string of the molecule is Cc1ccc2c(c1)CC(CN1CCC(CCO)C1)O2. The zero-order valence-corrected chi connectivity index (χ0v) is 11.6. The van der Waals surface area contributed by atoms with Crippen molar-refractivity contribution in [3.05, 3.63) is 29.3 Å². The summed E-state index contributed by atoms with van der Waals surface area (Å²) < 4.78 is 6.03. The van der Waals surface area contributed by atoms with E-state index in [1.54, 1.807) is 0 Å². The Labute approximate surface area is 115 Å². The van der Waals surface area contributed by atoms with Crippen LogP contribution in [0.4, 0.5) is 0 Å². The lowest BCUT2D eigenvalue weighted by atomic mass is 10.1. The van der Waals surface area contributed by atoms with Crippen LogP contribution in [0, 0.1) is 12.8 Å². The molecule has 0 bridgehead atoms. The van der Waals surface area contributed by atoms with Crippen LogP contribution in [0.25, 0.3) is 0 Å². The van der Waals surface area contributed by atoms with E-state index < -0.39 is 0 Å². The van der Waals surface area contributed by atoms with E-state index in [4.69, 9.17) is 9.84 Å². The van der Waals surface area contributed by atoms with E-state index in [0.717, 1.165) is 38.2 Å². The minimum atomic E-state index is 0.310. The summed E-state index contributed by atoms with van der Waals surface area (Å²) in [5.74, 6) is 1.75. The quantitative estimate of drug-likeness (QED) is 0.900. The van der Waals surface area contributed by atoms with E-state index >= 15 is 0 Å². The molecule has 1 aromatic rings. The average molecular weight is 261 g/mol. The summed E-state index contributed by atoms with van der Waals surface area (Å²) >= 11 is 0. The minimum Gasteiger partial charge on any atom is -0.488 e. The van der Waals surface area contributed by atoms with Gasteiger partial charge < -0.3 is 9.84 Å². The fourth-order valence-corrected chi connectivity index (χ4v) is 3.34. The van der Waals surface area contributed by atoms with Crippen LogP contribution < -0.4 is 4.74 Å². The first-order valence-corrected chi connectivity index (χ1v) is 7.34. The number of aryl methyl sites for hydroxylation is 1. The third-order valence-electron chi connectivity index (χ3n) is 4.33. The molecule has 2 unspecified atom stereocenters. The third-order valence-corrected chi connectivity index (χ3v) is 4.33. The van der Waals surface area contributed by atoms with Gasteiger partial charge in [0.2, 0.25) is 0 Å². The van der Waals surface area contributed by atoms with Crippen LogP contribution in [0.2, 0.25) is 0 Å². The monoisotopic (exact) mass is 261 g/mol. The van der Waals surface area contributed by atoms with Crippen molar-refractivity contribution in [2.24, 2.45) is 5.92 Å². The van der Waals surface area contributed by atoms with Crippen molar-refractivity contribution in [3.63, 3.8) is 0 Å². The van der Waals surface area contributed by atoms with E-state index in [2.05, 4.69) is 30.0 Å². The van der Waals surface area contributed by atoms with Crippen molar-refractivity contribution in [2.75, 3.05) is 26.2 Å². The number of nitrogens with zero attached hydrogens (tertiary/aromatic N) is 1.